The summed E-state index contributed by atoms with van der Waals surface area (Å²) >= 11 is 3.45. The standard InChI is InChI=1S/C11H22BrNO2S/c1-11(3-5-12)4-7-13-6-2-9-16(14,15)10-8-13/h11H,2-10H2,1H3. The van der Waals surface area contributed by atoms with E-state index in [1.807, 2.05) is 0 Å². The lowest BCUT2D eigenvalue weighted by atomic mass is 10.1. The lowest BCUT2D eigenvalue weighted by molar-refractivity contribution is 0.271. The van der Waals surface area contributed by atoms with E-state index in [2.05, 4.69) is 27.8 Å². The Bertz CT molecular complexity index is 292. The Morgan fingerprint density at radius 2 is 2.00 bits per heavy atom. The van der Waals surface area contributed by atoms with Gasteiger partial charge in [0.25, 0.3) is 0 Å². The quantitative estimate of drug-likeness (QED) is 0.728. The third kappa shape index (κ3) is 5.64. The lowest BCUT2D eigenvalue weighted by Gasteiger charge is -2.21. The first kappa shape index (κ1) is 14.5. The van der Waals surface area contributed by atoms with E-state index in [0.717, 1.165) is 37.3 Å². The van der Waals surface area contributed by atoms with E-state index in [4.69, 9.17) is 0 Å². The minimum Gasteiger partial charge on any atom is -0.302 e. The second-order valence-electron chi connectivity index (χ2n) is 4.72. The van der Waals surface area contributed by atoms with Crippen LogP contribution >= 0.6 is 15.9 Å². The summed E-state index contributed by atoms with van der Waals surface area (Å²) in [5, 5.41) is 1.06. The molecule has 1 aliphatic rings. The molecule has 0 aliphatic carbocycles. The van der Waals surface area contributed by atoms with E-state index in [0.29, 0.717) is 11.5 Å². The van der Waals surface area contributed by atoms with Gasteiger partial charge in [0.1, 0.15) is 0 Å². The third-order valence-electron chi connectivity index (χ3n) is 3.19. The van der Waals surface area contributed by atoms with Gasteiger partial charge in [0.15, 0.2) is 9.84 Å². The minimum absolute atomic E-state index is 0.347. The van der Waals surface area contributed by atoms with Crippen molar-refractivity contribution < 1.29 is 8.42 Å². The molecule has 1 atom stereocenters. The van der Waals surface area contributed by atoms with Gasteiger partial charge in [-0.1, -0.05) is 22.9 Å². The van der Waals surface area contributed by atoms with Gasteiger partial charge < -0.3 is 4.90 Å². The summed E-state index contributed by atoms with van der Waals surface area (Å²) in [6.07, 6.45) is 3.17. The first-order valence-corrected chi connectivity index (χ1v) is 8.96. The molecule has 0 aromatic heterocycles. The monoisotopic (exact) mass is 311 g/mol. The van der Waals surface area contributed by atoms with Crippen LogP contribution in [0.4, 0.5) is 0 Å². The van der Waals surface area contributed by atoms with Crippen LogP contribution in [0.1, 0.15) is 26.2 Å². The van der Waals surface area contributed by atoms with Crippen LogP contribution in [0.2, 0.25) is 0 Å². The zero-order valence-corrected chi connectivity index (χ0v) is 12.4. The van der Waals surface area contributed by atoms with Crippen LogP contribution < -0.4 is 0 Å². The first-order chi connectivity index (χ1) is 7.53. The van der Waals surface area contributed by atoms with Gasteiger partial charge in [-0.15, -0.1) is 0 Å². The zero-order chi connectivity index (χ0) is 12.0. The largest absolute Gasteiger partial charge is 0.302 e. The second kappa shape index (κ2) is 6.97. The maximum absolute atomic E-state index is 11.4. The Morgan fingerprint density at radius 3 is 2.69 bits per heavy atom. The molecule has 1 heterocycles. The van der Waals surface area contributed by atoms with Crippen LogP contribution in [-0.2, 0) is 9.84 Å². The van der Waals surface area contributed by atoms with Crippen molar-refractivity contribution in [3.8, 4) is 0 Å². The Balaban J connectivity index is 2.28. The molecule has 0 aromatic rings. The summed E-state index contributed by atoms with van der Waals surface area (Å²) in [6, 6.07) is 0. The molecule has 0 aromatic carbocycles. The first-order valence-electron chi connectivity index (χ1n) is 6.02. The molecule has 1 unspecified atom stereocenters. The van der Waals surface area contributed by atoms with Gasteiger partial charge in [0.2, 0.25) is 0 Å². The minimum atomic E-state index is -2.75. The maximum Gasteiger partial charge on any atom is 0.151 e. The molecule has 16 heavy (non-hydrogen) atoms. The fourth-order valence-corrected chi connectivity index (χ4v) is 4.04. The number of rotatable bonds is 5. The van der Waals surface area contributed by atoms with Gasteiger partial charge in [-0.25, -0.2) is 8.42 Å². The lowest BCUT2D eigenvalue weighted by Crippen LogP contribution is -2.29. The van der Waals surface area contributed by atoms with E-state index < -0.39 is 9.84 Å². The van der Waals surface area contributed by atoms with E-state index in [9.17, 15) is 8.42 Å². The van der Waals surface area contributed by atoms with Crippen molar-refractivity contribution in [2.45, 2.75) is 26.2 Å². The van der Waals surface area contributed by atoms with Crippen molar-refractivity contribution in [1.29, 1.82) is 0 Å². The second-order valence-corrected chi connectivity index (χ2v) is 7.82. The van der Waals surface area contributed by atoms with Gasteiger partial charge in [-0.2, -0.15) is 0 Å². The number of sulfone groups is 1. The fraction of sp³-hybridized carbons (Fsp3) is 1.00. The van der Waals surface area contributed by atoms with Crippen molar-refractivity contribution in [2.24, 2.45) is 5.92 Å². The molecule has 0 bridgehead atoms. The highest BCUT2D eigenvalue weighted by Gasteiger charge is 2.18. The normalized spacial score (nSPS) is 23.9. The Kier molecular flexibility index (Phi) is 6.29. The van der Waals surface area contributed by atoms with Crippen LogP contribution in [0.5, 0.6) is 0 Å². The van der Waals surface area contributed by atoms with Crippen molar-refractivity contribution >= 4 is 25.8 Å². The Labute approximate surface area is 108 Å². The molecular weight excluding hydrogens is 290 g/mol. The molecule has 0 spiro atoms. The molecule has 0 amide bonds. The fourth-order valence-electron chi connectivity index (χ4n) is 1.95. The number of nitrogens with zero attached hydrogens (tertiary/aromatic N) is 1. The summed E-state index contributed by atoms with van der Waals surface area (Å²) in [5.41, 5.74) is 0. The predicted molar refractivity (Wildman–Crippen MR) is 71.9 cm³/mol. The molecule has 3 nitrogen and oxygen atoms in total. The van der Waals surface area contributed by atoms with Crippen LogP contribution in [0.15, 0.2) is 0 Å². The van der Waals surface area contributed by atoms with Crippen molar-refractivity contribution in [3.05, 3.63) is 0 Å². The topological polar surface area (TPSA) is 37.4 Å². The number of halogens is 1. The van der Waals surface area contributed by atoms with Gasteiger partial charge >= 0.3 is 0 Å². The molecule has 96 valence electrons. The summed E-state index contributed by atoms with van der Waals surface area (Å²) in [6.45, 7) is 4.98. The average molecular weight is 312 g/mol. The maximum atomic E-state index is 11.4. The average Bonchev–Trinajstić information content (AvgIpc) is 2.37. The molecule has 1 rings (SSSR count). The van der Waals surface area contributed by atoms with Gasteiger partial charge in [0.05, 0.1) is 11.5 Å². The van der Waals surface area contributed by atoms with Crippen LogP contribution in [0.3, 0.4) is 0 Å². The summed E-state index contributed by atoms with van der Waals surface area (Å²) in [7, 11) is -2.75. The highest BCUT2D eigenvalue weighted by molar-refractivity contribution is 9.09. The molecule has 1 aliphatic heterocycles. The van der Waals surface area contributed by atoms with Crippen molar-refractivity contribution in [1.82, 2.24) is 4.90 Å². The van der Waals surface area contributed by atoms with E-state index in [1.54, 1.807) is 0 Å². The van der Waals surface area contributed by atoms with E-state index in [1.165, 1.54) is 12.8 Å². The van der Waals surface area contributed by atoms with Crippen molar-refractivity contribution in [2.75, 3.05) is 36.5 Å². The number of hydrogen-bond acceptors (Lipinski definition) is 3. The SMILES string of the molecule is CC(CCBr)CCN1CCCS(=O)(=O)CC1. The third-order valence-corrected chi connectivity index (χ3v) is 5.36. The van der Waals surface area contributed by atoms with E-state index in [-0.39, 0.29) is 0 Å². The smallest absolute Gasteiger partial charge is 0.151 e. The van der Waals surface area contributed by atoms with Gasteiger partial charge in [-0.05, 0) is 38.3 Å². The van der Waals surface area contributed by atoms with Crippen molar-refractivity contribution in [3.63, 3.8) is 0 Å². The molecule has 1 saturated heterocycles. The Hall–Kier alpha value is 0.390. The number of alkyl halides is 1. The Morgan fingerprint density at radius 1 is 1.25 bits per heavy atom. The predicted octanol–water partition coefficient (Wildman–Crippen LogP) is 1.92. The van der Waals surface area contributed by atoms with Crippen LogP contribution in [0.25, 0.3) is 0 Å². The van der Waals surface area contributed by atoms with Crippen LogP contribution in [0, 0.1) is 5.92 Å². The molecule has 1 fully saturated rings. The molecular formula is C11H22BrNO2S. The molecule has 0 saturated carbocycles. The highest BCUT2D eigenvalue weighted by Crippen LogP contribution is 2.12. The highest BCUT2D eigenvalue weighted by atomic mass is 79.9. The van der Waals surface area contributed by atoms with E-state index >= 15 is 0 Å². The number of hydrogen-bond donors (Lipinski definition) is 0. The molecule has 5 heteroatoms. The molecule has 0 radical (unpaired) electrons. The van der Waals surface area contributed by atoms with Gasteiger partial charge in [0, 0.05) is 11.9 Å². The zero-order valence-electron chi connectivity index (χ0n) is 9.99. The van der Waals surface area contributed by atoms with Gasteiger partial charge in [-0.3, -0.25) is 0 Å². The summed E-state index contributed by atoms with van der Waals surface area (Å²) in [5.74, 6) is 1.44. The van der Waals surface area contributed by atoms with Crippen LogP contribution in [-0.4, -0.2) is 49.8 Å². The molecule has 0 N–H and O–H groups in total. The summed E-state index contributed by atoms with van der Waals surface area (Å²) < 4.78 is 22.8. The summed E-state index contributed by atoms with van der Waals surface area (Å²) in [4.78, 5) is 2.30.